The number of nitrogens with zero attached hydrogens (tertiary/aromatic N) is 2. The normalized spacial score (nSPS) is 14.0. The Bertz CT molecular complexity index is 528. The number of hydrazone groups is 1. The van der Waals surface area contributed by atoms with E-state index >= 15 is 0 Å². The van der Waals surface area contributed by atoms with Crippen molar-refractivity contribution in [1.29, 1.82) is 0 Å². The highest BCUT2D eigenvalue weighted by Crippen LogP contribution is 2.14. The van der Waals surface area contributed by atoms with Crippen LogP contribution in [-0.4, -0.2) is 35.7 Å². The summed E-state index contributed by atoms with van der Waals surface area (Å²) in [4.78, 5) is 28.1. The number of carbonyl (C=O) groups excluding carboxylic acids is 2. The molecule has 2 amide bonds. The predicted octanol–water partition coefficient (Wildman–Crippen LogP) is 1.47. The molecule has 0 atom stereocenters. The van der Waals surface area contributed by atoms with Gasteiger partial charge in [0.15, 0.2) is 0 Å². The van der Waals surface area contributed by atoms with Crippen molar-refractivity contribution in [1.82, 2.24) is 10.5 Å². The zero-order valence-corrected chi connectivity index (χ0v) is 12.0. The van der Waals surface area contributed by atoms with Gasteiger partial charge >= 0.3 is 0 Å². The molecule has 0 bridgehead atoms. The van der Waals surface area contributed by atoms with Gasteiger partial charge < -0.3 is 0 Å². The second kappa shape index (κ2) is 7.54. The van der Waals surface area contributed by atoms with Gasteiger partial charge in [-0.2, -0.15) is 5.10 Å². The molecule has 1 aliphatic heterocycles. The number of nitrogens with one attached hydrogen (secondary N) is 1. The molecular weight excluding hydrogens is 270 g/mol. The molecule has 0 unspecified atom stereocenters. The maximum Gasteiger partial charge on any atom is 0.244 e. The molecule has 6 heteroatoms. The summed E-state index contributed by atoms with van der Waals surface area (Å²) in [5.41, 5.74) is 4.20. The maximum absolute atomic E-state index is 12.0. The molecule has 1 aliphatic rings. The topological polar surface area (TPSA) is 71.0 Å². The van der Waals surface area contributed by atoms with E-state index in [4.69, 9.17) is 4.84 Å². The number of rotatable bonds is 6. The van der Waals surface area contributed by atoms with Crippen molar-refractivity contribution in [2.24, 2.45) is 5.10 Å². The van der Waals surface area contributed by atoms with Gasteiger partial charge in [-0.25, -0.2) is 10.5 Å². The molecule has 6 nitrogen and oxygen atoms in total. The first-order chi connectivity index (χ1) is 10.2. The van der Waals surface area contributed by atoms with Crippen LogP contribution in [0.15, 0.2) is 35.4 Å². The quantitative estimate of drug-likeness (QED) is 0.806. The van der Waals surface area contributed by atoms with E-state index in [2.05, 4.69) is 10.6 Å². The molecular formula is C15H19N3O3. The van der Waals surface area contributed by atoms with E-state index in [1.807, 2.05) is 30.3 Å². The molecule has 0 saturated carbocycles. The largest absolute Gasteiger partial charge is 0.274 e. The van der Waals surface area contributed by atoms with Crippen LogP contribution in [0, 0.1) is 0 Å². The molecule has 0 aliphatic carbocycles. The molecule has 0 radical (unpaired) electrons. The van der Waals surface area contributed by atoms with Crippen molar-refractivity contribution in [3.8, 4) is 0 Å². The number of hydrogen-bond acceptors (Lipinski definition) is 4. The van der Waals surface area contributed by atoms with Gasteiger partial charge in [-0.05, 0) is 12.5 Å². The first kappa shape index (κ1) is 15.2. The lowest BCUT2D eigenvalue weighted by molar-refractivity contribution is -0.137. The van der Waals surface area contributed by atoms with E-state index in [0.29, 0.717) is 13.2 Å². The van der Waals surface area contributed by atoms with Crippen LogP contribution in [0.5, 0.6) is 0 Å². The van der Waals surface area contributed by atoms with Crippen LogP contribution in [0.3, 0.4) is 0 Å². The summed E-state index contributed by atoms with van der Waals surface area (Å²) in [6.07, 6.45) is 0.969. The Labute approximate surface area is 123 Å². The third kappa shape index (κ3) is 4.39. The van der Waals surface area contributed by atoms with Crippen LogP contribution in [-0.2, 0) is 14.4 Å². The second-order valence-electron chi connectivity index (χ2n) is 4.64. The van der Waals surface area contributed by atoms with Crippen molar-refractivity contribution in [3.05, 3.63) is 35.9 Å². The Morgan fingerprint density at radius 3 is 2.76 bits per heavy atom. The molecule has 1 aromatic carbocycles. The van der Waals surface area contributed by atoms with Crippen molar-refractivity contribution in [2.45, 2.75) is 26.2 Å². The van der Waals surface area contributed by atoms with Crippen molar-refractivity contribution >= 4 is 17.5 Å². The standard InChI is InChI=1S/C15H19N3O3/c1-2-21-17-14(19)8-9-15(20)18-11-10-13(16-18)12-6-4-3-5-7-12/h3-7H,2,8-11H2,1H3,(H,17,19). The van der Waals surface area contributed by atoms with Crippen molar-refractivity contribution < 1.29 is 14.4 Å². The fourth-order valence-corrected chi connectivity index (χ4v) is 2.02. The lowest BCUT2D eigenvalue weighted by atomic mass is 10.1. The Morgan fingerprint density at radius 2 is 2.05 bits per heavy atom. The molecule has 1 heterocycles. The third-order valence-corrected chi connectivity index (χ3v) is 3.09. The predicted molar refractivity (Wildman–Crippen MR) is 78.3 cm³/mol. The van der Waals surface area contributed by atoms with E-state index in [1.54, 1.807) is 6.92 Å². The highest BCUT2D eigenvalue weighted by atomic mass is 16.6. The van der Waals surface area contributed by atoms with Gasteiger partial charge in [-0.3, -0.25) is 14.4 Å². The second-order valence-corrected chi connectivity index (χ2v) is 4.64. The van der Waals surface area contributed by atoms with E-state index < -0.39 is 0 Å². The van der Waals surface area contributed by atoms with Gasteiger partial charge in [0.2, 0.25) is 11.8 Å². The van der Waals surface area contributed by atoms with E-state index in [1.165, 1.54) is 5.01 Å². The summed E-state index contributed by atoms with van der Waals surface area (Å²) in [6.45, 7) is 2.74. The van der Waals surface area contributed by atoms with E-state index in [0.717, 1.165) is 17.7 Å². The number of amides is 2. The SMILES string of the molecule is CCONC(=O)CCC(=O)N1CCC(c2ccccc2)=N1. The fraction of sp³-hybridized carbons (Fsp3) is 0.400. The van der Waals surface area contributed by atoms with Gasteiger partial charge in [0.25, 0.3) is 0 Å². The molecule has 1 N–H and O–H groups in total. The zero-order valence-electron chi connectivity index (χ0n) is 12.0. The Balaban J connectivity index is 1.84. The monoisotopic (exact) mass is 289 g/mol. The van der Waals surface area contributed by atoms with Crippen molar-refractivity contribution in [2.75, 3.05) is 13.2 Å². The lowest BCUT2D eigenvalue weighted by Gasteiger charge is -2.11. The molecule has 0 spiro atoms. The van der Waals surface area contributed by atoms with Crippen molar-refractivity contribution in [3.63, 3.8) is 0 Å². The van der Waals surface area contributed by atoms with Gasteiger partial charge in [0.1, 0.15) is 0 Å². The maximum atomic E-state index is 12.0. The van der Waals surface area contributed by atoms with Crippen LogP contribution in [0.2, 0.25) is 0 Å². The van der Waals surface area contributed by atoms with Gasteiger partial charge in [0, 0.05) is 19.3 Å². The molecule has 0 fully saturated rings. The first-order valence-corrected chi connectivity index (χ1v) is 7.04. The molecule has 0 aromatic heterocycles. The average molecular weight is 289 g/mol. The summed E-state index contributed by atoms with van der Waals surface area (Å²) >= 11 is 0. The highest BCUT2D eigenvalue weighted by Gasteiger charge is 2.21. The van der Waals surface area contributed by atoms with Crippen LogP contribution in [0.4, 0.5) is 0 Å². The molecule has 1 aromatic rings. The highest BCUT2D eigenvalue weighted by molar-refractivity contribution is 6.02. The van der Waals surface area contributed by atoms with Crippen LogP contribution in [0.25, 0.3) is 0 Å². The number of hydroxylamine groups is 1. The Morgan fingerprint density at radius 1 is 1.29 bits per heavy atom. The Hall–Kier alpha value is -2.21. The molecule has 112 valence electrons. The first-order valence-electron chi connectivity index (χ1n) is 7.04. The van der Waals surface area contributed by atoms with Crippen LogP contribution in [0.1, 0.15) is 31.7 Å². The summed E-state index contributed by atoms with van der Waals surface area (Å²) < 4.78 is 0. The summed E-state index contributed by atoms with van der Waals surface area (Å²) in [7, 11) is 0. The van der Waals surface area contributed by atoms with Gasteiger partial charge in [-0.1, -0.05) is 30.3 Å². The molecule has 0 saturated heterocycles. The summed E-state index contributed by atoms with van der Waals surface area (Å²) in [5.74, 6) is -0.441. The molecule has 21 heavy (non-hydrogen) atoms. The number of carbonyl (C=O) groups is 2. The van der Waals surface area contributed by atoms with Crippen LogP contribution < -0.4 is 5.48 Å². The van der Waals surface area contributed by atoms with E-state index in [9.17, 15) is 9.59 Å². The van der Waals surface area contributed by atoms with Crippen LogP contribution >= 0.6 is 0 Å². The minimum atomic E-state index is -0.295. The Kier molecular flexibility index (Phi) is 5.45. The molecule has 2 rings (SSSR count). The fourth-order valence-electron chi connectivity index (χ4n) is 2.02. The summed E-state index contributed by atoms with van der Waals surface area (Å²) in [5, 5.41) is 5.78. The van der Waals surface area contributed by atoms with Gasteiger partial charge in [-0.15, -0.1) is 0 Å². The average Bonchev–Trinajstić information content (AvgIpc) is 3.01. The zero-order chi connectivity index (χ0) is 15.1. The van der Waals surface area contributed by atoms with Gasteiger partial charge in [0.05, 0.1) is 18.9 Å². The third-order valence-electron chi connectivity index (χ3n) is 3.09. The lowest BCUT2D eigenvalue weighted by Crippen LogP contribution is -2.28. The number of benzene rings is 1. The summed E-state index contributed by atoms with van der Waals surface area (Å²) in [6, 6.07) is 9.78. The smallest absolute Gasteiger partial charge is 0.244 e. The number of hydrogen-bond donors (Lipinski definition) is 1. The minimum absolute atomic E-state index is 0.103. The van der Waals surface area contributed by atoms with E-state index in [-0.39, 0.29) is 24.7 Å². The minimum Gasteiger partial charge on any atom is -0.274 e.